The number of carbonyl (C=O) groups is 1. The van der Waals surface area contributed by atoms with E-state index >= 15 is 0 Å². The smallest absolute Gasteiger partial charge is 0.254 e. The minimum Gasteiger partial charge on any atom is -0.493 e. The Morgan fingerprint density at radius 3 is 2.64 bits per heavy atom. The molecule has 3 aromatic rings. The van der Waals surface area contributed by atoms with E-state index in [1.165, 1.54) is 11.1 Å². The maximum Gasteiger partial charge on any atom is 0.254 e. The molecule has 1 saturated heterocycles. The highest BCUT2D eigenvalue weighted by Gasteiger charge is 2.26. The van der Waals surface area contributed by atoms with Crippen molar-refractivity contribution in [3.8, 4) is 17.2 Å². The van der Waals surface area contributed by atoms with Crippen LogP contribution >= 0.6 is 0 Å². The second kappa shape index (κ2) is 11.5. The molecule has 0 bridgehead atoms. The summed E-state index contributed by atoms with van der Waals surface area (Å²) in [6.45, 7) is 4.23. The number of nitrogens with zero attached hydrogens (tertiary/aromatic N) is 2. The predicted octanol–water partition coefficient (Wildman–Crippen LogP) is 5.02. The van der Waals surface area contributed by atoms with E-state index in [1.807, 2.05) is 17.0 Å². The van der Waals surface area contributed by atoms with E-state index < -0.39 is 0 Å². The summed E-state index contributed by atoms with van der Waals surface area (Å²) in [7, 11) is 2.16. The van der Waals surface area contributed by atoms with Gasteiger partial charge in [-0.1, -0.05) is 42.5 Å². The van der Waals surface area contributed by atoms with Crippen molar-refractivity contribution in [2.45, 2.75) is 25.8 Å². The molecule has 1 fully saturated rings. The third-order valence-electron chi connectivity index (χ3n) is 6.91. The molecule has 0 N–H and O–H groups in total. The van der Waals surface area contributed by atoms with Gasteiger partial charge in [-0.15, -0.1) is 0 Å². The van der Waals surface area contributed by atoms with Crippen LogP contribution in [0.3, 0.4) is 0 Å². The first-order valence-corrected chi connectivity index (χ1v) is 12.8. The summed E-state index contributed by atoms with van der Waals surface area (Å²) < 4.78 is 16.9. The van der Waals surface area contributed by atoms with Crippen molar-refractivity contribution in [3.63, 3.8) is 0 Å². The van der Waals surface area contributed by atoms with E-state index in [9.17, 15) is 4.79 Å². The van der Waals surface area contributed by atoms with E-state index in [-0.39, 0.29) is 12.7 Å². The molecule has 1 unspecified atom stereocenters. The second-order valence-corrected chi connectivity index (χ2v) is 9.76. The zero-order valence-electron chi connectivity index (χ0n) is 20.9. The van der Waals surface area contributed by atoms with E-state index in [4.69, 9.17) is 14.2 Å². The Labute approximate surface area is 213 Å². The van der Waals surface area contributed by atoms with Gasteiger partial charge in [0.1, 0.15) is 5.75 Å². The SMILES string of the molecule is CN(CCc1ccccc1)Cc1ccc(OCC2CCCN(C(=O)c3ccc4c(c3)OCO4)C2)cc1. The van der Waals surface area contributed by atoms with Gasteiger partial charge in [0, 0.05) is 37.7 Å². The van der Waals surface area contributed by atoms with Gasteiger partial charge in [0.15, 0.2) is 11.5 Å². The van der Waals surface area contributed by atoms with Gasteiger partial charge in [-0.25, -0.2) is 0 Å². The summed E-state index contributed by atoms with van der Waals surface area (Å²) in [5.74, 6) is 2.58. The Morgan fingerprint density at radius 1 is 1.00 bits per heavy atom. The summed E-state index contributed by atoms with van der Waals surface area (Å²) in [6, 6.07) is 24.4. The van der Waals surface area contributed by atoms with Crippen LogP contribution in [0.5, 0.6) is 17.2 Å². The maximum atomic E-state index is 13.1. The molecule has 36 heavy (non-hydrogen) atoms. The highest BCUT2D eigenvalue weighted by molar-refractivity contribution is 5.95. The summed E-state index contributed by atoms with van der Waals surface area (Å²) in [5.41, 5.74) is 3.29. The van der Waals surface area contributed by atoms with Gasteiger partial charge in [-0.3, -0.25) is 4.79 Å². The molecule has 2 heterocycles. The third-order valence-corrected chi connectivity index (χ3v) is 6.91. The van der Waals surface area contributed by atoms with Crippen molar-refractivity contribution in [1.82, 2.24) is 9.80 Å². The van der Waals surface area contributed by atoms with Crippen molar-refractivity contribution in [1.29, 1.82) is 0 Å². The van der Waals surface area contributed by atoms with Crippen LogP contribution in [0.15, 0.2) is 72.8 Å². The van der Waals surface area contributed by atoms with Crippen LogP contribution in [0.2, 0.25) is 0 Å². The molecule has 5 rings (SSSR count). The van der Waals surface area contributed by atoms with Gasteiger partial charge in [-0.05, 0) is 67.8 Å². The van der Waals surface area contributed by atoms with Crippen molar-refractivity contribution in [3.05, 3.63) is 89.5 Å². The largest absolute Gasteiger partial charge is 0.493 e. The molecule has 2 aliphatic heterocycles. The van der Waals surface area contributed by atoms with Crippen LogP contribution in [0.4, 0.5) is 0 Å². The fourth-order valence-corrected chi connectivity index (χ4v) is 4.86. The number of likely N-dealkylation sites (tertiary alicyclic amines) is 1. The van der Waals surface area contributed by atoms with E-state index in [2.05, 4.69) is 66.5 Å². The van der Waals surface area contributed by atoms with Crippen LogP contribution < -0.4 is 14.2 Å². The standard InChI is InChI=1S/C30H34N2O4/c1-31(17-15-23-6-3-2-4-7-23)19-24-9-12-27(13-10-24)34-21-25-8-5-16-32(20-25)30(33)26-11-14-28-29(18-26)36-22-35-28/h2-4,6-7,9-14,18,25H,5,8,15-17,19-22H2,1H3. The lowest BCUT2D eigenvalue weighted by atomic mass is 9.98. The first-order valence-electron chi connectivity index (χ1n) is 12.8. The number of ether oxygens (including phenoxy) is 3. The van der Waals surface area contributed by atoms with Crippen LogP contribution in [-0.4, -0.2) is 55.8 Å². The second-order valence-electron chi connectivity index (χ2n) is 9.76. The van der Waals surface area contributed by atoms with Crippen LogP contribution in [0.1, 0.15) is 34.3 Å². The lowest BCUT2D eigenvalue weighted by molar-refractivity contribution is 0.0633. The van der Waals surface area contributed by atoms with Crippen molar-refractivity contribution in [2.75, 3.05) is 40.1 Å². The van der Waals surface area contributed by atoms with Gasteiger partial charge >= 0.3 is 0 Å². The number of fused-ring (bicyclic) bond motifs is 1. The first-order chi connectivity index (χ1) is 17.6. The molecule has 0 spiro atoms. The molecule has 1 amide bonds. The number of hydrogen-bond donors (Lipinski definition) is 0. The first kappa shape index (κ1) is 24.2. The fourth-order valence-electron chi connectivity index (χ4n) is 4.86. The number of rotatable bonds is 9. The Bertz CT molecular complexity index is 1150. The number of amides is 1. The summed E-state index contributed by atoms with van der Waals surface area (Å²) >= 11 is 0. The van der Waals surface area contributed by atoms with Gasteiger partial charge < -0.3 is 24.0 Å². The number of carbonyl (C=O) groups excluding carboxylic acids is 1. The average Bonchev–Trinajstić information content (AvgIpc) is 3.40. The summed E-state index contributed by atoms with van der Waals surface area (Å²) in [4.78, 5) is 17.3. The van der Waals surface area contributed by atoms with Crippen molar-refractivity contribution >= 4 is 5.91 Å². The van der Waals surface area contributed by atoms with Crippen molar-refractivity contribution < 1.29 is 19.0 Å². The lowest BCUT2D eigenvalue weighted by Gasteiger charge is -2.32. The van der Waals surface area contributed by atoms with E-state index in [0.717, 1.165) is 44.6 Å². The van der Waals surface area contributed by atoms with Gasteiger partial charge in [0.05, 0.1) is 6.61 Å². The summed E-state index contributed by atoms with van der Waals surface area (Å²) in [6.07, 6.45) is 3.10. The average molecular weight is 487 g/mol. The Hall–Kier alpha value is -3.51. The van der Waals surface area contributed by atoms with Crippen LogP contribution in [0.25, 0.3) is 0 Å². The Morgan fingerprint density at radius 2 is 1.81 bits per heavy atom. The minimum absolute atomic E-state index is 0.0405. The van der Waals surface area contributed by atoms with Crippen LogP contribution in [-0.2, 0) is 13.0 Å². The summed E-state index contributed by atoms with van der Waals surface area (Å²) in [5, 5.41) is 0. The molecule has 0 saturated carbocycles. The lowest BCUT2D eigenvalue weighted by Crippen LogP contribution is -2.41. The quantitative estimate of drug-likeness (QED) is 0.425. The zero-order chi connectivity index (χ0) is 24.7. The molecule has 0 aromatic heterocycles. The molecule has 188 valence electrons. The monoisotopic (exact) mass is 486 g/mol. The number of piperidine rings is 1. The van der Waals surface area contributed by atoms with Gasteiger partial charge in [0.25, 0.3) is 5.91 Å². The molecule has 6 nitrogen and oxygen atoms in total. The van der Waals surface area contributed by atoms with E-state index in [1.54, 1.807) is 6.07 Å². The molecule has 3 aromatic carbocycles. The molecular weight excluding hydrogens is 452 g/mol. The van der Waals surface area contributed by atoms with Gasteiger partial charge in [0.2, 0.25) is 6.79 Å². The molecule has 6 heteroatoms. The van der Waals surface area contributed by atoms with E-state index in [0.29, 0.717) is 36.1 Å². The fraction of sp³-hybridized carbons (Fsp3) is 0.367. The number of likely N-dealkylation sites (N-methyl/N-ethyl adjacent to an activating group) is 1. The van der Waals surface area contributed by atoms with Crippen molar-refractivity contribution in [2.24, 2.45) is 5.92 Å². The number of benzene rings is 3. The number of hydrogen-bond acceptors (Lipinski definition) is 5. The highest BCUT2D eigenvalue weighted by Crippen LogP contribution is 2.33. The Kier molecular flexibility index (Phi) is 7.72. The highest BCUT2D eigenvalue weighted by atomic mass is 16.7. The molecule has 0 radical (unpaired) electrons. The molecule has 2 aliphatic rings. The normalized spacial score (nSPS) is 16.8. The minimum atomic E-state index is 0.0405. The topological polar surface area (TPSA) is 51.2 Å². The Balaban J connectivity index is 1.08. The molecule has 1 atom stereocenters. The third kappa shape index (κ3) is 6.18. The van der Waals surface area contributed by atoms with Gasteiger partial charge in [-0.2, -0.15) is 0 Å². The molecular formula is C30H34N2O4. The predicted molar refractivity (Wildman–Crippen MR) is 140 cm³/mol. The molecule has 0 aliphatic carbocycles. The maximum absolute atomic E-state index is 13.1. The zero-order valence-corrected chi connectivity index (χ0v) is 20.9. The van der Waals surface area contributed by atoms with Crippen LogP contribution in [0, 0.1) is 5.92 Å².